The van der Waals surface area contributed by atoms with Crippen LogP contribution in [0.4, 0.5) is 0 Å². The number of tetrazole rings is 1. The molecule has 2 heterocycles. The first-order valence-electron chi connectivity index (χ1n) is 8.64. The van der Waals surface area contributed by atoms with Gasteiger partial charge in [0.25, 0.3) is 0 Å². The van der Waals surface area contributed by atoms with Crippen LogP contribution in [0.2, 0.25) is 0 Å². The standard InChI is InChI=1S/C19H18N6O2S/c1-12-6-4-5-7-16(12)25-19(22-23-24-25)28-13(2)17-20-21-18(27-17)14-8-10-15(26-3)11-9-14/h4-11,13H,1-3H3/t13-/m1/s1. The summed E-state index contributed by atoms with van der Waals surface area (Å²) in [5.74, 6) is 1.74. The van der Waals surface area contributed by atoms with Crippen molar-refractivity contribution in [2.45, 2.75) is 24.3 Å². The van der Waals surface area contributed by atoms with E-state index in [1.807, 2.05) is 62.4 Å². The van der Waals surface area contributed by atoms with E-state index < -0.39 is 0 Å². The van der Waals surface area contributed by atoms with Gasteiger partial charge >= 0.3 is 0 Å². The van der Waals surface area contributed by atoms with Crippen LogP contribution in [0.5, 0.6) is 5.75 Å². The Hall–Kier alpha value is -3.20. The van der Waals surface area contributed by atoms with Crippen LogP contribution >= 0.6 is 11.8 Å². The summed E-state index contributed by atoms with van der Waals surface area (Å²) in [6.07, 6.45) is 0. The first kappa shape index (κ1) is 18.2. The van der Waals surface area contributed by atoms with E-state index in [9.17, 15) is 0 Å². The summed E-state index contributed by atoms with van der Waals surface area (Å²) in [5.41, 5.74) is 2.86. The van der Waals surface area contributed by atoms with Gasteiger partial charge in [0.1, 0.15) is 5.75 Å². The summed E-state index contributed by atoms with van der Waals surface area (Å²) in [4.78, 5) is 0. The highest BCUT2D eigenvalue weighted by molar-refractivity contribution is 7.99. The monoisotopic (exact) mass is 394 g/mol. The van der Waals surface area contributed by atoms with Gasteiger partial charge in [0, 0.05) is 5.56 Å². The van der Waals surface area contributed by atoms with Crippen LogP contribution in [-0.4, -0.2) is 37.5 Å². The fourth-order valence-electron chi connectivity index (χ4n) is 2.66. The molecule has 2 aromatic carbocycles. The predicted molar refractivity (Wildman–Crippen MR) is 104 cm³/mol. The van der Waals surface area contributed by atoms with Gasteiger partial charge in [0.05, 0.1) is 18.0 Å². The van der Waals surface area contributed by atoms with Crippen molar-refractivity contribution in [3.8, 4) is 22.9 Å². The first-order chi connectivity index (χ1) is 13.7. The topological polar surface area (TPSA) is 91.8 Å². The molecule has 0 fully saturated rings. The number of aryl methyl sites for hydroxylation is 1. The Balaban J connectivity index is 1.54. The Bertz CT molecular complexity index is 1080. The summed E-state index contributed by atoms with van der Waals surface area (Å²) in [5, 5.41) is 21.0. The Morgan fingerprint density at radius 1 is 1.04 bits per heavy atom. The zero-order chi connectivity index (χ0) is 19.5. The molecule has 4 rings (SSSR count). The second-order valence-electron chi connectivity index (χ2n) is 6.09. The second-order valence-corrected chi connectivity index (χ2v) is 7.40. The van der Waals surface area contributed by atoms with Gasteiger partial charge in [-0.3, -0.25) is 0 Å². The number of methoxy groups -OCH3 is 1. The van der Waals surface area contributed by atoms with Crippen molar-refractivity contribution in [3.05, 3.63) is 60.0 Å². The minimum absolute atomic E-state index is 0.117. The molecule has 0 aliphatic heterocycles. The number of hydrogen-bond acceptors (Lipinski definition) is 8. The maximum atomic E-state index is 5.86. The van der Waals surface area contributed by atoms with Crippen molar-refractivity contribution >= 4 is 11.8 Å². The average Bonchev–Trinajstić information content (AvgIpc) is 3.38. The SMILES string of the molecule is COc1ccc(-c2nnc([C@@H](C)Sc3nnnn3-c3ccccc3C)o2)cc1. The molecule has 28 heavy (non-hydrogen) atoms. The number of nitrogens with zero attached hydrogens (tertiary/aromatic N) is 6. The van der Waals surface area contributed by atoms with E-state index in [0.29, 0.717) is 16.9 Å². The van der Waals surface area contributed by atoms with Crippen molar-refractivity contribution < 1.29 is 9.15 Å². The van der Waals surface area contributed by atoms with Gasteiger partial charge in [-0.2, -0.15) is 4.68 Å². The number of rotatable bonds is 6. The third kappa shape index (κ3) is 3.61. The van der Waals surface area contributed by atoms with E-state index in [-0.39, 0.29) is 5.25 Å². The maximum Gasteiger partial charge on any atom is 0.247 e. The Labute approximate surface area is 165 Å². The van der Waals surface area contributed by atoms with Crippen molar-refractivity contribution in [2.75, 3.05) is 7.11 Å². The zero-order valence-corrected chi connectivity index (χ0v) is 16.4. The minimum atomic E-state index is -0.117. The smallest absolute Gasteiger partial charge is 0.247 e. The van der Waals surface area contributed by atoms with E-state index >= 15 is 0 Å². The van der Waals surface area contributed by atoms with Gasteiger partial charge in [-0.25, -0.2) is 0 Å². The maximum absolute atomic E-state index is 5.86. The number of thioether (sulfide) groups is 1. The van der Waals surface area contributed by atoms with Crippen LogP contribution in [0.25, 0.3) is 17.1 Å². The van der Waals surface area contributed by atoms with E-state index in [4.69, 9.17) is 9.15 Å². The van der Waals surface area contributed by atoms with E-state index in [1.54, 1.807) is 11.8 Å². The molecule has 4 aromatic rings. The molecule has 0 N–H and O–H groups in total. The fraction of sp³-hybridized carbons (Fsp3) is 0.211. The van der Waals surface area contributed by atoms with Crippen LogP contribution < -0.4 is 4.74 Å². The molecule has 0 amide bonds. The molecule has 0 unspecified atom stereocenters. The highest BCUT2D eigenvalue weighted by Crippen LogP contribution is 2.35. The van der Waals surface area contributed by atoms with Crippen LogP contribution in [-0.2, 0) is 0 Å². The van der Waals surface area contributed by atoms with Crippen molar-refractivity contribution in [3.63, 3.8) is 0 Å². The van der Waals surface area contributed by atoms with E-state index in [2.05, 4.69) is 25.7 Å². The van der Waals surface area contributed by atoms with Crippen molar-refractivity contribution in [1.82, 2.24) is 30.4 Å². The lowest BCUT2D eigenvalue weighted by molar-refractivity contribution is 0.415. The number of hydrogen-bond donors (Lipinski definition) is 0. The molecule has 9 heteroatoms. The second kappa shape index (κ2) is 7.81. The molecule has 0 radical (unpaired) electrons. The Kier molecular flexibility index (Phi) is 5.07. The normalized spacial score (nSPS) is 12.1. The largest absolute Gasteiger partial charge is 0.497 e. The molecule has 0 bridgehead atoms. The average molecular weight is 394 g/mol. The van der Waals surface area contributed by atoms with Crippen molar-refractivity contribution in [2.24, 2.45) is 0 Å². The molecule has 1 atom stereocenters. The molecular weight excluding hydrogens is 376 g/mol. The summed E-state index contributed by atoms with van der Waals surface area (Å²) >= 11 is 1.46. The first-order valence-corrected chi connectivity index (χ1v) is 9.52. The Morgan fingerprint density at radius 3 is 2.57 bits per heavy atom. The molecule has 2 aromatic heterocycles. The molecule has 0 saturated heterocycles. The van der Waals surface area contributed by atoms with Crippen LogP contribution in [0.3, 0.4) is 0 Å². The van der Waals surface area contributed by atoms with Gasteiger partial charge in [-0.1, -0.05) is 30.0 Å². The van der Waals surface area contributed by atoms with E-state index in [1.165, 1.54) is 11.8 Å². The van der Waals surface area contributed by atoms with Gasteiger partial charge in [0.15, 0.2) is 0 Å². The van der Waals surface area contributed by atoms with Gasteiger partial charge in [-0.15, -0.1) is 15.3 Å². The lowest BCUT2D eigenvalue weighted by Gasteiger charge is -2.09. The van der Waals surface area contributed by atoms with Crippen LogP contribution in [0.15, 0.2) is 58.1 Å². The van der Waals surface area contributed by atoms with Crippen LogP contribution in [0.1, 0.15) is 23.6 Å². The fourth-order valence-corrected chi connectivity index (χ4v) is 3.49. The summed E-state index contributed by atoms with van der Waals surface area (Å²) in [7, 11) is 1.63. The minimum Gasteiger partial charge on any atom is -0.497 e. The zero-order valence-electron chi connectivity index (χ0n) is 15.6. The quantitative estimate of drug-likeness (QED) is 0.455. The molecule has 0 saturated carbocycles. The summed E-state index contributed by atoms with van der Waals surface area (Å²) in [6, 6.07) is 15.4. The Morgan fingerprint density at radius 2 is 1.82 bits per heavy atom. The summed E-state index contributed by atoms with van der Waals surface area (Å²) < 4.78 is 12.8. The van der Waals surface area contributed by atoms with Crippen LogP contribution in [0, 0.1) is 6.92 Å². The van der Waals surface area contributed by atoms with Gasteiger partial charge in [0.2, 0.25) is 16.9 Å². The third-order valence-electron chi connectivity index (χ3n) is 4.19. The highest BCUT2D eigenvalue weighted by Gasteiger charge is 2.20. The highest BCUT2D eigenvalue weighted by atomic mass is 32.2. The number of ether oxygens (including phenoxy) is 1. The van der Waals surface area contributed by atoms with E-state index in [0.717, 1.165) is 22.6 Å². The molecule has 0 aliphatic rings. The van der Waals surface area contributed by atoms with Gasteiger partial charge in [-0.05, 0) is 60.2 Å². The summed E-state index contributed by atoms with van der Waals surface area (Å²) in [6.45, 7) is 4.00. The number of para-hydroxylation sites is 1. The third-order valence-corrected chi connectivity index (χ3v) is 5.21. The number of benzene rings is 2. The molecule has 0 aliphatic carbocycles. The molecule has 0 spiro atoms. The van der Waals surface area contributed by atoms with Crippen molar-refractivity contribution in [1.29, 1.82) is 0 Å². The lowest BCUT2D eigenvalue weighted by Crippen LogP contribution is -2.02. The molecule has 142 valence electrons. The van der Waals surface area contributed by atoms with Gasteiger partial charge < -0.3 is 9.15 Å². The lowest BCUT2D eigenvalue weighted by atomic mass is 10.2. The molecule has 8 nitrogen and oxygen atoms in total. The molecular formula is C19H18N6O2S. The predicted octanol–water partition coefficient (Wildman–Crippen LogP) is 3.88. The number of aromatic nitrogens is 6.